The van der Waals surface area contributed by atoms with Crippen LogP contribution in [0.2, 0.25) is 0 Å². The van der Waals surface area contributed by atoms with E-state index in [1.165, 1.54) is 12.8 Å². The second-order valence-electron chi connectivity index (χ2n) is 4.18. The van der Waals surface area contributed by atoms with Gasteiger partial charge < -0.3 is 11.1 Å². The lowest BCUT2D eigenvalue weighted by Crippen LogP contribution is -2.11. The van der Waals surface area contributed by atoms with Crippen molar-refractivity contribution in [3.63, 3.8) is 0 Å². The third kappa shape index (κ3) is 1.90. The molecule has 0 aliphatic heterocycles. The van der Waals surface area contributed by atoms with Crippen molar-refractivity contribution >= 4 is 5.82 Å². The van der Waals surface area contributed by atoms with Crippen molar-refractivity contribution in [2.75, 3.05) is 5.32 Å². The van der Waals surface area contributed by atoms with E-state index in [1.807, 2.05) is 4.68 Å². The van der Waals surface area contributed by atoms with Crippen molar-refractivity contribution in [1.29, 1.82) is 0 Å². The van der Waals surface area contributed by atoms with E-state index in [0.717, 1.165) is 11.5 Å². The monoisotopic (exact) mass is 194 g/mol. The summed E-state index contributed by atoms with van der Waals surface area (Å²) < 4.78 is 1.99. The molecule has 0 bridgehead atoms. The summed E-state index contributed by atoms with van der Waals surface area (Å²) >= 11 is 0. The highest BCUT2D eigenvalue weighted by atomic mass is 15.3. The molecule has 1 aromatic heterocycles. The summed E-state index contributed by atoms with van der Waals surface area (Å²) in [6.45, 7) is 4.79. The number of nitrogens with two attached hydrogens (primary N) is 1. The summed E-state index contributed by atoms with van der Waals surface area (Å²) in [5.74, 6) is 0.974. The van der Waals surface area contributed by atoms with Crippen molar-refractivity contribution in [3.05, 3.63) is 11.8 Å². The first kappa shape index (κ1) is 9.52. The van der Waals surface area contributed by atoms with Gasteiger partial charge in [-0.3, -0.25) is 4.68 Å². The van der Waals surface area contributed by atoms with Gasteiger partial charge in [-0.2, -0.15) is 5.10 Å². The van der Waals surface area contributed by atoms with Gasteiger partial charge in [0.15, 0.2) is 0 Å². The van der Waals surface area contributed by atoms with Crippen LogP contribution in [0, 0.1) is 0 Å². The number of anilines is 1. The van der Waals surface area contributed by atoms with Gasteiger partial charge in [0.25, 0.3) is 0 Å². The Morgan fingerprint density at radius 1 is 1.64 bits per heavy atom. The van der Waals surface area contributed by atoms with Crippen LogP contribution in [0.1, 0.15) is 38.4 Å². The number of aromatic nitrogens is 2. The van der Waals surface area contributed by atoms with Crippen LogP contribution >= 0.6 is 0 Å². The largest absolute Gasteiger partial charge is 0.366 e. The minimum absolute atomic E-state index is 0.378. The van der Waals surface area contributed by atoms with Crippen molar-refractivity contribution in [2.45, 2.75) is 45.3 Å². The predicted octanol–water partition coefficient (Wildman–Crippen LogP) is 1.50. The van der Waals surface area contributed by atoms with E-state index in [9.17, 15) is 0 Å². The van der Waals surface area contributed by atoms with Gasteiger partial charge in [-0.25, -0.2) is 0 Å². The molecule has 1 aromatic rings. The highest BCUT2D eigenvalue weighted by molar-refractivity contribution is 5.38. The molecule has 0 spiro atoms. The number of hydrogen-bond acceptors (Lipinski definition) is 3. The van der Waals surface area contributed by atoms with E-state index >= 15 is 0 Å². The maximum Gasteiger partial charge on any atom is 0.148 e. The van der Waals surface area contributed by atoms with E-state index in [-0.39, 0.29) is 0 Å². The summed E-state index contributed by atoms with van der Waals surface area (Å²) in [7, 11) is 0. The van der Waals surface area contributed by atoms with Crippen LogP contribution in [0.15, 0.2) is 6.07 Å². The van der Waals surface area contributed by atoms with Crippen molar-refractivity contribution in [2.24, 2.45) is 5.73 Å². The summed E-state index contributed by atoms with van der Waals surface area (Å²) in [5.41, 5.74) is 6.76. The lowest BCUT2D eigenvalue weighted by Gasteiger charge is -2.08. The number of nitrogens with zero attached hydrogens (tertiary/aromatic N) is 2. The smallest absolute Gasteiger partial charge is 0.148 e. The van der Waals surface area contributed by atoms with Gasteiger partial charge in [-0.1, -0.05) is 0 Å². The van der Waals surface area contributed by atoms with Crippen molar-refractivity contribution in [3.8, 4) is 0 Å². The number of rotatable bonds is 4. The summed E-state index contributed by atoms with van der Waals surface area (Å²) in [5, 5.41) is 7.86. The molecular formula is C10H18N4. The van der Waals surface area contributed by atoms with Crippen LogP contribution in [-0.2, 0) is 6.54 Å². The molecule has 1 aliphatic carbocycles. The van der Waals surface area contributed by atoms with E-state index in [4.69, 9.17) is 5.73 Å². The molecule has 1 saturated carbocycles. The van der Waals surface area contributed by atoms with Gasteiger partial charge in [0.05, 0.1) is 5.69 Å². The Hall–Kier alpha value is -1.03. The molecule has 0 atom stereocenters. The zero-order chi connectivity index (χ0) is 10.1. The molecule has 4 nitrogen and oxygen atoms in total. The van der Waals surface area contributed by atoms with Crippen LogP contribution < -0.4 is 11.1 Å². The van der Waals surface area contributed by atoms with Crippen LogP contribution in [0.25, 0.3) is 0 Å². The summed E-state index contributed by atoms with van der Waals surface area (Å²) in [6.07, 6.45) is 2.54. The molecule has 14 heavy (non-hydrogen) atoms. The Labute approximate surface area is 84.5 Å². The van der Waals surface area contributed by atoms with Crippen molar-refractivity contribution < 1.29 is 0 Å². The zero-order valence-electron chi connectivity index (χ0n) is 8.83. The second-order valence-corrected chi connectivity index (χ2v) is 4.18. The van der Waals surface area contributed by atoms with Crippen molar-refractivity contribution in [1.82, 2.24) is 9.78 Å². The van der Waals surface area contributed by atoms with Gasteiger partial charge in [-0.15, -0.1) is 0 Å². The van der Waals surface area contributed by atoms with E-state index < -0.39 is 0 Å². The molecule has 3 N–H and O–H groups in total. The lowest BCUT2D eigenvalue weighted by molar-refractivity contribution is 0.511. The van der Waals surface area contributed by atoms with E-state index in [0.29, 0.717) is 18.6 Å². The Bertz CT molecular complexity index is 312. The van der Waals surface area contributed by atoms with Crippen LogP contribution in [0.4, 0.5) is 5.82 Å². The molecule has 1 fully saturated rings. The molecular weight excluding hydrogens is 176 g/mol. The first-order valence-electron chi connectivity index (χ1n) is 5.25. The molecule has 0 aromatic carbocycles. The standard InChI is InChI=1S/C10H18N4/c1-7(2)14-9(6-11)5-10(13-14)12-8-3-4-8/h5,7-8H,3-4,6,11H2,1-2H3,(H,12,13). The van der Waals surface area contributed by atoms with Gasteiger partial charge in [0.2, 0.25) is 0 Å². The number of hydrogen-bond donors (Lipinski definition) is 2. The molecule has 0 unspecified atom stereocenters. The van der Waals surface area contributed by atoms with Gasteiger partial charge >= 0.3 is 0 Å². The van der Waals surface area contributed by atoms with E-state index in [2.05, 4.69) is 30.3 Å². The SMILES string of the molecule is CC(C)n1nc(NC2CC2)cc1CN. The fourth-order valence-electron chi connectivity index (χ4n) is 1.54. The fraction of sp³-hybridized carbons (Fsp3) is 0.700. The normalized spacial score (nSPS) is 16.3. The van der Waals surface area contributed by atoms with E-state index in [1.54, 1.807) is 0 Å². The Morgan fingerprint density at radius 2 is 2.36 bits per heavy atom. The lowest BCUT2D eigenvalue weighted by atomic mass is 10.3. The highest BCUT2D eigenvalue weighted by Gasteiger charge is 2.22. The molecule has 0 radical (unpaired) electrons. The Balaban J connectivity index is 2.16. The molecule has 0 saturated heterocycles. The Kier molecular flexibility index (Phi) is 2.46. The fourth-order valence-corrected chi connectivity index (χ4v) is 1.54. The number of nitrogens with one attached hydrogen (secondary N) is 1. The first-order valence-corrected chi connectivity index (χ1v) is 5.25. The topological polar surface area (TPSA) is 55.9 Å². The maximum atomic E-state index is 5.66. The molecule has 2 rings (SSSR count). The average molecular weight is 194 g/mol. The third-order valence-electron chi connectivity index (χ3n) is 2.44. The zero-order valence-corrected chi connectivity index (χ0v) is 8.83. The molecule has 0 amide bonds. The summed E-state index contributed by atoms with van der Waals surface area (Å²) in [6, 6.07) is 3.08. The average Bonchev–Trinajstić information content (AvgIpc) is 2.83. The van der Waals surface area contributed by atoms with Gasteiger partial charge in [0.1, 0.15) is 5.82 Å². The van der Waals surface area contributed by atoms with Crippen LogP contribution in [0.3, 0.4) is 0 Å². The first-order chi connectivity index (χ1) is 6.70. The molecule has 1 aliphatic rings. The highest BCUT2D eigenvalue weighted by Crippen LogP contribution is 2.25. The minimum Gasteiger partial charge on any atom is -0.366 e. The maximum absolute atomic E-state index is 5.66. The molecule has 78 valence electrons. The predicted molar refractivity (Wildman–Crippen MR) is 57.1 cm³/mol. The van der Waals surface area contributed by atoms with Crippen LogP contribution in [-0.4, -0.2) is 15.8 Å². The summed E-state index contributed by atoms with van der Waals surface area (Å²) in [4.78, 5) is 0. The molecule has 1 heterocycles. The van der Waals surface area contributed by atoms with Gasteiger partial charge in [-0.05, 0) is 26.7 Å². The Morgan fingerprint density at radius 3 is 2.79 bits per heavy atom. The van der Waals surface area contributed by atoms with Crippen LogP contribution in [0.5, 0.6) is 0 Å². The minimum atomic E-state index is 0.378. The second kappa shape index (κ2) is 3.61. The third-order valence-corrected chi connectivity index (χ3v) is 2.44. The molecule has 4 heteroatoms. The van der Waals surface area contributed by atoms with Gasteiger partial charge in [0, 0.05) is 24.7 Å². The quantitative estimate of drug-likeness (QED) is 0.763.